The van der Waals surface area contributed by atoms with Crippen LogP contribution in [-0.4, -0.2) is 68.0 Å². The second-order valence-corrected chi connectivity index (χ2v) is 5.19. The van der Waals surface area contributed by atoms with E-state index in [4.69, 9.17) is 4.74 Å². The van der Waals surface area contributed by atoms with Crippen LogP contribution in [0.15, 0.2) is 18.2 Å². The van der Waals surface area contributed by atoms with Crippen molar-refractivity contribution in [3.63, 3.8) is 0 Å². The lowest BCUT2D eigenvalue weighted by Crippen LogP contribution is -2.51. The first-order valence-corrected chi connectivity index (χ1v) is 7.28. The Balaban J connectivity index is 1.78. The molecule has 0 spiro atoms. The van der Waals surface area contributed by atoms with Gasteiger partial charge in [-0.05, 0) is 12.1 Å². The van der Waals surface area contributed by atoms with Gasteiger partial charge in [-0.3, -0.25) is 14.5 Å². The van der Waals surface area contributed by atoms with Crippen molar-refractivity contribution < 1.29 is 23.1 Å². The third kappa shape index (κ3) is 4.88. The summed E-state index contributed by atoms with van der Waals surface area (Å²) in [5, 5.41) is 2.55. The summed E-state index contributed by atoms with van der Waals surface area (Å²) in [6.07, 6.45) is 0. The van der Waals surface area contributed by atoms with Gasteiger partial charge in [0, 0.05) is 39.3 Å². The van der Waals surface area contributed by atoms with Gasteiger partial charge in [0.15, 0.2) is 18.2 Å². The zero-order valence-electron chi connectivity index (χ0n) is 12.8. The van der Waals surface area contributed by atoms with Gasteiger partial charge in [0.1, 0.15) is 5.82 Å². The summed E-state index contributed by atoms with van der Waals surface area (Å²) in [4.78, 5) is 26.9. The third-order valence-corrected chi connectivity index (χ3v) is 3.62. The van der Waals surface area contributed by atoms with Crippen LogP contribution in [-0.2, 0) is 9.59 Å². The summed E-state index contributed by atoms with van der Waals surface area (Å²) >= 11 is 0. The maximum Gasteiger partial charge on any atom is 0.260 e. The molecule has 0 bridgehead atoms. The number of ether oxygens (including phenoxy) is 1. The van der Waals surface area contributed by atoms with E-state index in [1.165, 1.54) is 0 Å². The van der Waals surface area contributed by atoms with E-state index in [0.29, 0.717) is 38.8 Å². The van der Waals surface area contributed by atoms with Crippen molar-refractivity contribution in [2.75, 3.05) is 46.4 Å². The Morgan fingerprint density at radius 3 is 2.52 bits per heavy atom. The predicted molar refractivity (Wildman–Crippen MR) is 78.9 cm³/mol. The molecule has 2 rings (SSSR count). The molecule has 0 aromatic heterocycles. The minimum Gasteiger partial charge on any atom is -0.481 e. The van der Waals surface area contributed by atoms with E-state index in [0.717, 1.165) is 12.1 Å². The number of halogens is 2. The number of amides is 2. The van der Waals surface area contributed by atoms with Gasteiger partial charge in [-0.25, -0.2) is 8.78 Å². The highest BCUT2D eigenvalue weighted by atomic mass is 19.1. The molecule has 1 aromatic carbocycles. The molecular formula is C15H19F2N3O3. The Labute approximate surface area is 133 Å². The van der Waals surface area contributed by atoms with Crippen LogP contribution in [0.3, 0.4) is 0 Å². The van der Waals surface area contributed by atoms with Crippen molar-refractivity contribution in [2.45, 2.75) is 0 Å². The lowest BCUT2D eigenvalue weighted by Gasteiger charge is -2.34. The first kappa shape index (κ1) is 17.1. The summed E-state index contributed by atoms with van der Waals surface area (Å²) in [5.41, 5.74) is 0. The molecule has 2 amide bonds. The third-order valence-electron chi connectivity index (χ3n) is 3.62. The number of piperazine rings is 1. The Hall–Kier alpha value is -2.22. The Kier molecular flexibility index (Phi) is 5.86. The molecule has 1 saturated heterocycles. The standard InChI is InChI=1S/C15H19F2N3O3/c1-18-14(21)9-19-4-6-20(7-5-19)15(22)10-23-13-3-2-11(16)8-12(13)17/h2-3,8H,4-7,9-10H2,1H3,(H,18,21). The zero-order chi connectivity index (χ0) is 16.8. The number of nitrogens with zero attached hydrogens (tertiary/aromatic N) is 2. The molecule has 1 heterocycles. The summed E-state index contributed by atoms with van der Waals surface area (Å²) in [7, 11) is 1.58. The largest absolute Gasteiger partial charge is 0.481 e. The summed E-state index contributed by atoms with van der Waals surface area (Å²) in [5.74, 6) is -2.03. The maximum absolute atomic E-state index is 13.4. The second kappa shape index (κ2) is 7.87. The molecular weight excluding hydrogens is 308 g/mol. The number of likely N-dealkylation sites (N-methyl/N-ethyl adjacent to an activating group) is 1. The lowest BCUT2D eigenvalue weighted by atomic mass is 10.3. The number of rotatable bonds is 5. The molecule has 126 valence electrons. The van der Waals surface area contributed by atoms with Crippen molar-refractivity contribution >= 4 is 11.8 Å². The molecule has 1 N–H and O–H groups in total. The minimum absolute atomic E-state index is 0.0695. The fraction of sp³-hybridized carbons (Fsp3) is 0.467. The average molecular weight is 327 g/mol. The number of hydrogen-bond donors (Lipinski definition) is 1. The van der Waals surface area contributed by atoms with Crippen molar-refractivity contribution in [3.05, 3.63) is 29.8 Å². The fourth-order valence-electron chi connectivity index (χ4n) is 2.26. The first-order valence-electron chi connectivity index (χ1n) is 7.28. The summed E-state index contributed by atoms with van der Waals surface area (Å²) in [6.45, 7) is 2.12. The van der Waals surface area contributed by atoms with Crippen molar-refractivity contribution in [3.8, 4) is 5.75 Å². The first-order chi connectivity index (χ1) is 11.0. The van der Waals surface area contributed by atoms with Gasteiger partial charge in [0.05, 0.1) is 6.54 Å². The van der Waals surface area contributed by atoms with Crippen LogP contribution in [0.25, 0.3) is 0 Å². The summed E-state index contributed by atoms with van der Waals surface area (Å²) in [6, 6.07) is 2.93. The average Bonchev–Trinajstić information content (AvgIpc) is 2.54. The van der Waals surface area contributed by atoms with E-state index in [1.807, 2.05) is 4.90 Å². The number of hydrogen-bond acceptors (Lipinski definition) is 4. The smallest absolute Gasteiger partial charge is 0.260 e. The van der Waals surface area contributed by atoms with E-state index in [-0.39, 0.29) is 24.2 Å². The molecule has 1 aromatic rings. The van der Waals surface area contributed by atoms with Gasteiger partial charge in [0.25, 0.3) is 5.91 Å². The minimum atomic E-state index is -0.840. The molecule has 6 nitrogen and oxygen atoms in total. The number of carbonyl (C=O) groups excluding carboxylic acids is 2. The molecule has 8 heteroatoms. The highest BCUT2D eigenvalue weighted by Crippen LogP contribution is 2.17. The maximum atomic E-state index is 13.4. The monoisotopic (exact) mass is 327 g/mol. The highest BCUT2D eigenvalue weighted by Gasteiger charge is 2.22. The molecule has 1 aliphatic heterocycles. The molecule has 0 saturated carbocycles. The van der Waals surface area contributed by atoms with E-state index in [1.54, 1.807) is 11.9 Å². The lowest BCUT2D eigenvalue weighted by molar-refractivity contribution is -0.135. The Morgan fingerprint density at radius 2 is 1.91 bits per heavy atom. The topological polar surface area (TPSA) is 61.9 Å². The molecule has 23 heavy (non-hydrogen) atoms. The van der Waals surface area contributed by atoms with Gasteiger partial charge in [0.2, 0.25) is 5.91 Å². The SMILES string of the molecule is CNC(=O)CN1CCN(C(=O)COc2ccc(F)cc2F)CC1. The molecule has 0 unspecified atom stereocenters. The molecule has 0 aliphatic carbocycles. The molecule has 0 radical (unpaired) electrons. The summed E-state index contributed by atoms with van der Waals surface area (Å²) < 4.78 is 31.3. The van der Waals surface area contributed by atoms with Crippen molar-refractivity contribution in [2.24, 2.45) is 0 Å². The number of carbonyl (C=O) groups is 2. The van der Waals surface area contributed by atoms with Crippen LogP contribution in [0.1, 0.15) is 0 Å². The van der Waals surface area contributed by atoms with Gasteiger partial charge in [-0.15, -0.1) is 0 Å². The zero-order valence-corrected chi connectivity index (χ0v) is 12.8. The number of benzene rings is 1. The second-order valence-electron chi connectivity index (χ2n) is 5.19. The Bertz CT molecular complexity index is 575. The normalized spacial score (nSPS) is 15.3. The quantitative estimate of drug-likeness (QED) is 0.841. The van der Waals surface area contributed by atoms with Gasteiger partial charge >= 0.3 is 0 Å². The van der Waals surface area contributed by atoms with E-state index in [2.05, 4.69) is 5.32 Å². The van der Waals surface area contributed by atoms with Crippen molar-refractivity contribution in [1.82, 2.24) is 15.1 Å². The van der Waals surface area contributed by atoms with Gasteiger partial charge in [-0.2, -0.15) is 0 Å². The van der Waals surface area contributed by atoms with Crippen LogP contribution in [0, 0.1) is 11.6 Å². The van der Waals surface area contributed by atoms with Gasteiger partial charge < -0.3 is 15.0 Å². The fourth-order valence-corrected chi connectivity index (χ4v) is 2.26. The van der Waals surface area contributed by atoms with Crippen LogP contribution >= 0.6 is 0 Å². The van der Waals surface area contributed by atoms with Crippen LogP contribution in [0.2, 0.25) is 0 Å². The number of nitrogens with one attached hydrogen (secondary N) is 1. The van der Waals surface area contributed by atoms with E-state index >= 15 is 0 Å². The van der Waals surface area contributed by atoms with Crippen LogP contribution in [0.4, 0.5) is 8.78 Å². The molecule has 1 fully saturated rings. The van der Waals surface area contributed by atoms with Crippen LogP contribution < -0.4 is 10.1 Å². The Morgan fingerprint density at radius 1 is 1.22 bits per heavy atom. The van der Waals surface area contributed by atoms with Gasteiger partial charge in [-0.1, -0.05) is 0 Å². The highest BCUT2D eigenvalue weighted by molar-refractivity contribution is 5.78. The van der Waals surface area contributed by atoms with Crippen molar-refractivity contribution in [1.29, 1.82) is 0 Å². The molecule has 0 atom stereocenters. The van der Waals surface area contributed by atoms with Crippen LogP contribution in [0.5, 0.6) is 5.75 Å². The van der Waals surface area contributed by atoms with E-state index < -0.39 is 11.6 Å². The van der Waals surface area contributed by atoms with E-state index in [9.17, 15) is 18.4 Å². The molecule has 1 aliphatic rings. The predicted octanol–water partition coefficient (Wildman–Crippen LogP) is 0.234.